The number of hydrogen-bond acceptors (Lipinski definition) is 4. The van der Waals surface area contributed by atoms with Crippen LogP contribution in [0.1, 0.15) is 25.0 Å². The molecule has 6 heteroatoms. The van der Waals surface area contributed by atoms with E-state index in [0.29, 0.717) is 18.9 Å². The molecular weight excluding hydrogens is 370 g/mol. The zero-order chi connectivity index (χ0) is 20.0. The fourth-order valence-corrected chi connectivity index (χ4v) is 4.23. The van der Waals surface area contributed by atoms with Crippen molar-refractivity contribution in [1.29, 1.82) is 0 Å². The largest absolute Gasteiger partial charge is 0.368 e. The van der Waals surface area contributed by atoms with Crippen molar-refractivity contribution >= 4 is 15.8 Å². The first-order valence-corrected chi connectivity index (χ1v) is 10.7. The molecule has 1 heterocycles. The van der Waals surface area contributed by atoms with Crippen molar-refractivity contribution in [3.8, 4) is 0 Å². The molecule has 2 aromatic carbocycles. The summed E-state index contributed by atoms with van der Waals surface area (Å²) in [6.45, 7) is 4.61. The molecule has 0 saturated heterocycles. The molecule has 28 heavy (non-hydrogen) atoms. The highest BCUT2D eigenvalue weighted by molar-refractivity contribution is 7.89. The number of hydrogen-bond donors (Lipinski definition) is 1. The van der Waals surface area contributed by atoms with E-state index >= 15 is 0 Å². The Morgan fingerprint density at radius 2 is 1.39 bits per heavy atom. The fraction of sp³-hybridized carbons (Fsp3) is 0.227. The molecule has 0 bridgehead atoms. The average molecular weight is 396 g/mol. The van der Waals surface area contributed by atoms with E-state index in [1.807, 2.05) is 74.5 Å². The molecule has 0 aliphatic carbocycles. The van der Waals surface area contributed by atoms with Crippen LogP contribution in [-0.4, -0.2) is 23.7 Å². The molecule has 0 saturated carbocycles. The van der Waals surface area contributed by atoms with E-state index < -0.39 is 10.0 Å². The number of benzene rings is 2. The molecule has 0 fully saturated rings. The summed E-state index contributed by atoms with van der Waals surface area (Å²) < 4.78 is 28.2. The molecule has 0 aliphatic rings. The number of anilines is 1. The maximum atomic E-state index is 13.3. The molecule has 0 spiro atoms. The van der Waals surface area contributed by atoms with Crippen LogP contribution >= 0.6 is 0 Å². The minimum absolute atomic E-state index is 0.189. The summed E-state index contributed by atoms with van der Waals surface area (Å²) in [6.07, 6.45) is 1.42. The van der Waals surface area contributed by atoms with E-state index in [1.165, 1.54) is 10.5 Å². The number of aromatic nitrogens is 1. The van der Waals surface area contributed by atoms with Gasteiger partial charge in [0.1, 0.15) is 10.7 Å². The van der Waals surface area contributed by atoms with E-state index in [2.05, 4.69) is 10.3 Å². The second-order valence-corrected chi connectivity index (χ2v) is 8.86. The predicted octanol–water partition coefficient (Wildman–Crippen LogP) is 4.29. The molecular formula is C22H25N3O2S. The van der Waals surface area contributed by atoms with Crippen molar-refractivity contribution in [1.82, 2.24) is 9.29 Å². The molecule has 1 aromatic heterocycles. The molecule has 3 aromatic rings. The first-order valence-electron chi connectivity index (χ1n) is 9.26. The Kier molecular flexibility index (Phi) is 6.44. The van der Waals surface area contributed by atoms with E-state index in [1.54, 1.807) is 12.1 Å². The summed E-state index contributed by atoms with van der Waals surface area (Å²) in [7, 11) is -3.70. The molecule has 1 N–H and O–H groups in total. The van der Waals surface area contributed by atoms with Gasteiger partial charge >= 0.3 is 0 Å². The number of sulfonamides is 1. The van der Waals surface area contributed by atoms with Crippen molar-refractivity contribution < 1.29 is 8.42 Å². The van der Waals surface area contributed by atoms with E-state index in [9.17, 15) is 8.42 Å². The van der Waals surface area contributed by atoms with Gasteiger partial charge in [-0.15, -0.1) is 0 Å². The van der Waals surface area contributed by atoms with Crippen LogP contribution in [0.15, 0.2) is 83.9 Å². The number of nitrogens with one attached hydrogen (secondary N) is 1. The van der Waals surface area contributed by atoms with E-state index in [4.69, 9.17) is 0 Å². The smallest absolute Gasteiger partial charge is 0.245 e. The molecule has 0 amide bonds. The summed E-state index contributed by atoms with van der Waals surface area (Å²) in [5.74, 6) is 0.659. The van der Waals surface area contributed by atoms with Crippen LogP contribution in [0.2, 0.25) is 0 Å². The van der Waals surface area contributed by atoms with Gasteiger partial charge in [-0.25, -0.2) is 13.4 Å². The van der Waals surface area contributed by atoms with Crippen molar-refractivity contribution in [3.63, 3.8) is 0 Å². The molecule has 0 radical (unpaired) electrons. The zero-order valence-electron chi connectivity index (χ0n) is 16.1. The lowest BCUT2D eigenvalue weighted by Gasteiger charge is -2.22. The lowest BCUT2D eigenvalue weighted by atomic mass is 10.2. The van der Waals surface area contributed by atoms with Gasteiger partial charge in [-0.2, -0.15) is 4.31 Å². The summed E-state index contributed by atoms with van der Waals surface area (Å²) in [5.41, 5.74) is 1.88. The molecule has 0 unspecified atom stereocenters. The van der Waals surface area contributed by atoms with Crippen LogP contribution in [0.3, 0.4) is 0 Å². The lowest BCUT2D eigenvalue weighted by Crippen LogP contribution is -2.30. The molecule has 0 atom stereocenters. The minimum Gasteiger partial charge on any atom is -0.368 e. The maximum Gasteiger partial charge on any atom is 0.245 e. The highest BCUT2D eigenvalue weighted by atomic mass is 32.2. The molecule has 5 nitrogen and oxygen atoms in total. The van der Waals surface area contributed by atoms with Crippen molar-refractivity contribution in [2.24, 2.45) is 0 Å². The van der Waals surface area contributed by atoms with Crippen molar-refractivity contribution in [3.05, 3.63) is 90.1 Å². The Labute approximate surface area is 167 Å². The SMILES string of the molecule is CC(C)Nc1ccc(S(=O)(=O)N(Cc2ccccc2)Cc2ccccc2)cn1. The van der Waals surface area contributed by atoms with Crippen LogP contribution in [-0.2, 0) is 23.1 Å². The van der Waals surface area contributed by atoms with Gasteiger partial charge in [-0.3, -0.25) is 0 Å². The monoisotopic (exact) mass is 395 g/mol. The summed E-state index contributed by atoms with van der Waals surface area (Å²) in [5, 5.41) is 3.17. The Morgan fingerprint density at radius 1 is 0.857 bits per heavy atom. The lowest BCUT2D eigenvalue weighted by molar-refractivity contribution is 0.401. The highest BCUT2D eigenvalue weighted by Gasteiger charge is 2.25. The number of rotatable bonds is 8. The molecule has 0 aliphatic heterocycles. The summed E-state index contributed by atoms with van der Waals surface area (Å²) >= 11 is 0. The Morgan fingerprint density at radius 3 is 1.82 bits per heavy atom. The van der Waals surface area contributed by atoms with Gasteiger partial charge in [0, 0.05) is 25.3 Å². The Bertz CT molecular complexity index is 932. The molecule has 146 valence electrons. The predicted molar refractivity (Wildman–Crippen MR) is 112 cm³/mol. The van der Waals surface area contributed by atoms with Crippen LogP contribution in [0.5, 0.6) is 0 Å². The van der Waals surface area contributed by atoms with Crippen LogP contribution in [0, 0.1) is 0 Å². The van der Waals surface area contributed by atoms with E-state index in [-0.39, 0.29) is 10.9 Å². The van der Waals surface area contributed by atoms with Crippen LogP contribution in [0.25, 0.3) is 0 Å². The first-order chi connectivity index (χ1) is 13.4. The minimum atomic E-state index is -3.70. The highest BCUT2D eigenvalue weighted by Crippen LogP contribution is 2.21. The fourth-order valence-electron chi connectivity index (χ4n) is 2.86. The third-order valence-electron chi connectivity index (χ3n) is 4.21. The van der Waals surface area contributed by atoms with Gasteiger partial charge < -0.3 is 5.32 Å². The van der Waals surface area contributed by atoms with Crippen LogP contribution < -0.4 is 5.32 Å². The number of nitrogens with zero attached hydrogens (tertiary/aromatic N) is 2. The quantitative estimate of drug-likeness (QED) is 0.618. The third-order valence-corrected chi connectivity index (χ3v) is 5.99. The van der Waals surface area contributed by atoms with Gasteiger partial charge in [0.15, 0.2) is 0 Å². The second-order valence-electron chi connectivity index (χ2n) is 6.92. The van der Waals surface area contributed by atoms with Crippen molar-refractivity contribution in [2.75, 3.05) is 5.32 Å². The zero-order valence-corrected chi connectivity index (χ0v) is 16.9. The van der Waals surface area contributed by atoms with Gasteiger partial charge in [0.2, 0.25) is 10.0 Å². The summed E-state index contributed by atoms with van der Waals surface area (Å²) in [6, 6.07) is 22.8. The Hall–Kier alpha value is -2.70. The number of pyridine rings is 1. The Balaban J connectivity index is 1.90. The van der Waals surface area contributed by atoms with E-state index in [0.717, 1.165) is 11.1 Å². The summed E-state index contributed by atoms with van der Waals surface area (Å²) in [4.78, 5) is 4.45. The standard InChI is InChI=1S/C22H25N3O2S/c1-18(2)24-22-14-13-21(15-23-22)28(26,27)25(16-19-9-5-3-6-10-19)17-20-11-7-4-8-12-20/h3-15,18H,16-17H2,1-2H3,(H,23,24). The van der Waals surface area contributed by atoms with Gasteiger partial charge in [-0.1, -0.05) is 60.7 Å². The topological polar surface area (TPSA) is 62.3 Å². The first kappa shape index (κ1) is 20.0. The van der Waals surface area contributed by atoms with Crippen LogP contribution in [0.4, 0.5) is 5.82 Å². The maximum absolute atomic E-state index is 13.3. The normalized spacial score (nSPS) is 11.7. The third kappa shape index (κ3) is 5.18. The molecule has 3 rings (SSSR count). The van der Waals surface area contributed by atoms with Crippen molar-refractivity contribution in [2.45, 2.75) is 37.9 Å². The van der Waals surface area contributed by atoms with Gasteiger partial charge in [-0.05, 0) is 37.1 Å². The van der Waals surface area contributed by atoms with Gasteiger partial charge in [0.05, 0.1) is 0 Å². The average Bonchev–Trinajstić information content (AvgIpc) is 2.69. The second kappa shape index (κ2) is 8.99. The van der Waals surface area contributed by atoms with Gasteiger partial charge in [0.25, 0.3) is 0 Å².